The minimum atomic E-state index is -0.520. The Labute approximate surface area is 143 Å². The molecule has 1 aromatic heterocycles. The van der Waals surface area contributed by atoms with E-state index in [1.807, 2.05) is 30.3 Å². The van der Waals surface area contributed by atoms with Crippen molar-refractivity contribution in [2.45, 2.75) is 13.5 Å². The number of nitrogens with zero attached hydrogens (tertiary/aromatic N) is 2. The van der Waals surface area contributed by atoms with E-state index in [1.54, 1.807) is 24.3 Å². The molecular formula is C18H15N3O4. The first-order chi connectivity index (χ1) is 12.1. The Kier molecular flexibility index (Phi) is 4.84. The van der Waals surface area contributed by atoms with Crippen LogP contribution in [-0.4, -0.2) is 22.1 Å². The predicted molar refractivity (Wildman–Crippen MR) is 89.6 cm³/mol. The van der Waals surface area contributed by atoms with Crippen LogP contribution in [0, 0.1) is 0 Å². The van der Waals surface area contributed by atoms with E-state index < -0.39 is 5.97 Å². The first-order valence-corrected chi connectivity index (χ1v) is 7.54. The Morgan fingerprint density at radius 3 is 2.44 bits per heavy atom. The fourth-order valence-electron chi connectivity index (χ4n) is 2.11. The number of ether oxygens (including phenoxy) is 1. The van der Waals surface area contributed by atoms with Crippen LogP contribution in [0.1, 0.15) is 23.2 Å². The summed E-state index contributed by atoms with van der Waals surface area (Å²) >= 11 is 0. The summed E-state index contributed by atoms with van der Waals surface area (Å²) in [5, 5.41) is 10.4. The van der Waals surface area contributed by atoms with Gasteiger partial charge in [0.15, 0.2) is 6.61 Å². The third-order valence-electron chi connectivity index (χ3n) is 3.26. The van der Waals surface area contributed by atoms with Crippen LogP contribution >= 0.6 is 0 Å². The third-order valence-corrected chi connectivity index (χ3v) is 3.26. The molecular weight excluding hydrogens is 322 g/mol. The number of nitrogens with one attached hydrogen (secondary N) is 1. The maximum atomic E-state index is 12.0. The Balaban J connectivity index is 1.59. The van der Waals surface area contributed by atoms with Crippen molar-refractivity contribution in [3.63, 3.8) is 0 Å². The minimum absolute atomic E-state index is 0.119. The van der Waals surface area contributed by atoms with E-state index >= 15 is 0 Å². The monoisotopic (exact) mass is 337 g/mol. The highest BCUT2D eigenvalue weighted by Crippen LogP contribution is 2.17. The van der Waals surface area contributed by atoms with Gasteiger partial charge in [0.1, 0.15) is 0 Å². The van der Waals surface area contributed by atoms with Crippen LogP contribution in [0.4, 0.5) is 5.69 Å². The topological polar surface area (TPSA) is 94.3 Å². The van der Waals surface area contributed by atoms with Gasteiger partial charge in [-0.1, -0.05) is 18.2 Å². The van der Waals surface area contributed by atoms with E-state index in [9.17, 15) is 9.59 Å². The summed E-state index contributed by atoms with van der Waals surface area (Å²) < 4.78 is 10.6. The Bertz CT molecular complexity index is 873. The lowest BCUT2D eigenvalue weighted by molar-refractivity contribution is -0.114. The van der Waals surface area contributed by atoms with Crippen molar-refractivity contribution in [1.29, 1.82) is 0 Å². The van der Waals surface area contributed by atoms with Crippen molar-refractivity contribution in [3.8, 4) is 11.5 Å². The summed E-state index contributed by atoms with van der Waals surface area (Å²) in [6.07, 6.45) is 0. The predicted octanol–water partition coefficient (Wildman–Crippen LogP) is 3.05. The molecule has 0 aliphatic rings. The van der Waals surface area contributed by atoms with Crippen molar-refractivity contribution in [3.05, 3.63) is 66.1 Å². The zero-order valence-corrected chi connectivity index (χ0v) is 13.4. The third kappa shape index (κ3) is 4.29. The van der Waals surface area contributed by atoms with Crippen LogP contribution in [-0.2, 0) is 16.1 Å². The number of amides is 1. The Morgan fingerprint density at radius 2 is 1.76 bits per heavy atom. The first kappa shape index (κ1) is 16.4. The number of carbonyl (C=O) groups excluding carboxylic acids is 2. The van der Waals surface area contributed by atoms with Crippen LogP contribution in [0.5, 0.6) is 0 Å². The van der Waals surface area contributed by atoms with Gasteiger partial charge in [0.25, 0.3) is 5.89 Å². The molecule has 0 saturated carbocycles. The smallest absolute Gasteiger partial charge is 0.338 e. The summed E-state index contributed by atoms with van der Waals surface area (Å²) in [5.74, 6) is -0.122. The second-order valence-electron chi connectivity index (χ2n) is 5.20. The summed E-state index contributed by atoms with van der Waals surface area (Å²) in [4.78, 5) is 23.0. The molecule has 0 aliphatic carbocycles. The van der Waals surface area contributed by atoms with Crippen molar-refractivity contribution in [2.75, 3.05) is 5.32 Å². The highest BCUT2D eigenvalue weighted by atomic mass is 16.5. The van der Waals surface area contributed by atoms with Gasteiger partial charge >= 0.3 is 5.97 Å². The number of hydrogen-bond donors (Lipinski definition) is 1. The average Bonchev–Trinajstić information content (AvgIpc) is 3.10. The number of rotatable bonds is 5. The van der Waals surface area contributed by atoms with Crippen LogP contribution in [0.3, 0.4) is 0 Å². The average molecular weight is 337 g/mol. The molecule has 2 aromatic carbocycles. The van der Waals surface area contributed by atoms with Crippen molar-refractivity contribution in [1.82, 2.24) is 10.2 Å². The molecule has 7 nitrogen and oxygen atoms in total. The molecule has 0 fully saturated rings. The fraction of sp³-hybridized carbons (Fsp3) is 0.111. The molecule has 126 valence electrons. The molecule has 0 aliphatic heterocycles. The van der Waals surface area contributed by atoms with Gasteiger partial charge in [0, 0.05) is 18.2 Å². The highest BCUT2D eigenvalue weighted by Gasteiger charge is 2.12. The van der Waals surface area contributed by atoms with E-state index in [0.717, 1.165) is 5.56 Å². The summed E-state index contributed by atoms with van der Waals surface area (Å²) in [5.41, 5.74) is 1.76. The number of carbonyl (C=O) groups is 2. The van der Waals surface area contributed by atoms with E-state index in [2.05, 4.69) is 15.5 Å². The van der Waals surface area contributed by atoms with Crippen molar-refractivity contribution in [2.24, 2.45) is 0 Å². The molecule has 1 amide bonds. The second kappa shape index (κ2) is 7.39. The summed E-state index contributed by atoms with van der Waals surface area (Å²) in [6.45, 7) is 1.29. The van der Waals surface area contributed by atoms with E-state index in [-0.39, 0.29) is 18.4 Å². The van der Waals surface area contributed by atoms with Gasteiger partial charge in [-0.3, -0.25) is 4.79 Å². The van der Waals surface area contributed by atoms with Gasteiger partial charge in [0.2, 0.25) is 11.8 Å². The summed E-state index contributed by atoms with van der Waals surface area (Å²) in [7, 11) is 0. The van der Waals surface area contributed by atoms with Crippen molar-refractivity contribution >= 4 is 17.6 Å². The van der Waals surface area contributed by atoms with Gasteiger partial charge in [-0.2, -0.15) is 0 Å². The highest BCUT2D eigenvalue weighted by molar-refractivity contribution is 5.92. The molecule has 3 rings (SSSR count). The number of benzene rings is 2. The zero-order valence-electron chi connectivity index (χ0n) is 13.4. The number of esters is 1. The first-order valence-electron chi connectivity index (χ1n) is 7.54. The largest absolute Gasteiger partial charge is 0.452 e. The Morgan fingerprint density at radius 1 is 1.04 bits per heavy atom. The lowest BCUT2D eigenvalue weighted by atomic mass is 10.2. The van der Waals surface area contributed by atoms with Crippen LogP contribution < -0.4 is 5.32 Å². The molecule has 1 N–H and O–H groups in total. The normalized spacial score (nSPS) is 10.3. The minimum Gasteiger partial charge on any atom is -0.452 e. The molecule has 0 spiro atoms. The molecule has 0 atom stereocenters. The molecule has 7 heteroatoms. The number of anilines is 1. The Hall–Kier alpha value is -3.48. The number of hydrogen-bond acceptors (Lipinski definition) is 6. The van der Waals surface area contributed by atoms with E-state index in [0.29, 0.717) is 17.1 Å². The number of aromatic nitrogens is 2. The van der Waals surface area contributed by atoms with Crippen LogP contribution in [0.2, 0.25) is 0 Å². The quantitative estimate of drug-likeness (QED) is 0.719. The molecule has 0 unspecified atom stereocenters. The standard InChI is InChI=1S/C18H15N3O4/c1-12(22)19-15-9-7-14(8-10-15)18(23)24-11-16-20-21-17(25-16)13-5-3-2-4-6-13/h2-10H,11H2,1H3,(H,19,22). The SMILES string of the molecule is CC(=O)Nc1ccc(C(=O)OCc2nnc(-c3ccccc3)o2)cc1. The zero-order chi connectivity index (χ0) is 17.6. The maximum absolute atomic E-state index is 12.0. The maximum Gasteiger partial charge on any atom is 0.338 e. The van der Waals surface area contributed by atoms with E-state index in [4.69, 9.17) is 9.15 Å². The molecule has 0 radical (unpaired) electrons. The van der Waals surface area contributed by atoms with Crippen molar-refractivity contribution < 1.29 is 18.7 Å². The summed E-state index contributed by atoms with van der Waals surface area (Å²) in [6, 6.07) is 15.7. The van der Waals surface area contributed by atoms with Crippen LogP contribution in [0.25, 0.3) is 11.5 Å². The second-order valence-corrected chi connectivity index (χ2v) is 5.20. The fourth-order valence-corrected chi connectivity index (χ4v) is 2.11. The van der Waals surface area contributed by atoms with Gasteiger partial charge in [-0.05, 0) is 36.4 Å². The van der Waals surface area contributed by atoms with Crippen LogP contribution in [0.15, 0.2) is 59.0 Å². The molecule has 0 saturated heterocycles. The molecule has 0 bridgehead atoms. The molecule has 25 heavy (non-hydrogen) atoms. The molecule has 3 aromatic rings. The van der Waals surface area contributed by atoms with Gasteiger partial charge in [-0.15, -0.1) is 10.2 Å². The van der Waals surface area contributed by atoms with Gasteiger partial charge < -0.3 is 14.5 Å². The lowest BCUT2D eigenvalue weighted by Gasteiger charge is -2.04. The molecule has 1 heterocycles. The lowest BCUT2D eigenvalue weighted by Crippen LogP contribution is -2.08. The van der Waals surface area contributed by atoms with Gasteiger partial charge in [0.05, 0.1) is 5.56 Å². The van der Waals surface area contributed by atoms with E-state index in [1.165, 1.54) is 6.92 Å². The van der Waals surface area contributed by atoms with Gasteiger partial charge in [-0.25, -0.2) is 4.79 Å².